The molecule has 2 rings (SSSR count). The van der Waals surface area contributed by atoms with Crippen LogP contribution in [0.4, 0.5) is 4.79 Å². The van der Waals surface area contributed by atoms with E-state index in [9.17, 15) is 4.79 Å². The van der Waals surface area contributed by atoms with E-state index < -0.39 is 5.60 Å². The molecule has 1 unspecified atom stereocenters. The number of rotatable bonds is 2. The highest BCUT2D eigenvalue weighted by Gasteiger charge is 2.38. The number of likely N-dealkylation sites (tertiary alicyclic amines) is 1. The zero-order valence-electron chi connectivity index (χ0n) is 13.9. The molecule has 0 radical (unpaired) electrons. The Balaban J connectivity index is 2.01. The fourth-order valence-corrected chi connectivity index (χ4v) is 3.77. The number of carbonyl (C=O) groups excluding carboxylic acids is 1. The second kappa shape index (κ2) is 7.13. The summed E-state index contributed by atoms with van der Waals surface area (Å²) in [5.74, 6) is 1.33. The molecule has 2 saturated heterocycles. The van der Waals surface area contributed by atoms with Crippen LogP contribution in [-0.2, 0) is 4.74 Å². The summed E-state index contributed by atoms with van der Waals surface area (Å²) < 4.78 is 5.50. The van der Waals surface area contributed by atoms with Gasteiger partial charge < -0.3 is 15.8 Å². The highest BCUT2D eigenvalue weighted by molar-refractivity contribution is 7.80. The minimum Gasteiger partial charge on any atom is -0.444 e. The predicted molar refractivity (Wildman–Crippen MR) is 91.8 cm³/mol. The van der Waals surface area contributed by atoms with Crippen molar-refractivity contribution in [3.05, 3.63) is 0 Å². The number of nitrogens with two attached hydrogens (primary N) is 1. The Hall–Kier alpha value is -0.880. The zero-order valence-corrected chi connectivity index (χ0v) is 14.7. The number of thiocarbonyl (C=S) groups is 1. The van der Waals surface area contributed by atoms with Gasteiger partial charge in [-0.1, -0.05) is 12.2 Å². The molecule has 126 valence electrons. The van der Waals surface area contributed by atoms with Crippen molar-refractivity contribution in [1.29, 1.82) is 0 Å². The Morgan fingerprint density at radius 2 is 1.86 bits per heavy atom. The average molecular weight is 327 g/mol. The molecule has 2 aliphatic rings. The van der Waals surface area contributed by atoms with Crippen LogP contribution in [-0.4, -0.2) is 47.3 Å². The zero-order chi connectivity index (χ0) is 16.3. The largest absolute Gasteiger partial charge is 0.444 e. The first kappa shape index (κ1) is 17.5. The van der Waals surface area contributed by atoms with Crippen LogP contribution in [0.15, 0.2) is 0 Å². The summed E-state index contributed by atoms with van der Waals surface area (Å²) in [5, 5.41) is 3.41. The normalized spacial score (nSPS) is 27.5. The maximum absolute atomic E-state index is 12.4. The lowest BCUT2D eigenvalue weighted by molar-refractivity contribution is 0.00864. The standard InChI is InChI=1S/C16H29N3O2S/c1-16(2,3)21-15(20)19-9-6-12(10-13(19)14(17)22)11-4-7-18-8-5-11/h11-13,18H,4-10H2,1-3H3,(H2,17,22)/t12?,13-/m1/s1. The third kappa shape index (κ3) is 4.56. The molecule has 0 aromatic heterocycles. The first-order chi connectivity index (χ1) is 10.3. The van der Waals surface area contributed by atoms with Crippen LogP contribution in [0.2, 0.25) is 0 Å². The van der Waals surface area contributed by atoms with Gasteiger partial charge in [0.15, 0.2) is 0 Å². The smallest absolute Gasteiger partial charge is 0.410 e. The molecule has 6 heteroatoms. The van der Waals surface area contributed by atoms with E-state index in [4.69, 9.17) is 22.7 Å². The number of amides is 1. The molecular weight excluding hydrogens is 298 g/mol. The number of piperidine rings is 2. The van der Waals surface area contributed by atoms with E-state index in [1.165, 1.54) is 12.8 Å². The van der Waals surface area contributed by atoms with Crippen molar-refractivity contribution in [2.75, 3.05) is 19.6 Å². The molecule has 2 atom stereocenters. The van der Waals surface area contributed by atoms with Crippen molar-refractivity contribution in [3.8, 4) is 0 Å². The van der Waals surface area contributed by atoms with E-state index in [0.29, 0.717) is 17.5 Å². The maximum atomic E-state index is 12.4. The second-order valence-corrected chi connectivity index (χ2v) is 7.94. The van der Waals surface area contributed by atoms with E-state index in [1.54, 1.807) is 4.90 Å². The summed E-state index contributed by atoms with van der Waals surface area (Å²) in [5.41, 5.74) is 5.42. The number of ether oxygens (including phenoxy) is 1. The summed E-state index contributed by atoms with van der Waals surface area (Å²) in [4.78, 5) is 14.5. The van der Waals surface area contributed by atoms with Crippen LogP contribution in [0.25, 0.3) is 0 Å². The van der Waals surface area contributed by atoms with Gasteiger partial charge in [0, 0.05) is 6.54 Å². The Labute approximate surface area is 138 Å². The SMILES string of the molecule is CC(C)(C)OC(=O)N1CCC(C2CCNCC2)C[C@@H]1C(N)=S. The first-order valence-electron chi connectivity index (χ1n) is 8.27. The van der Waals surface area contributed by atoms with Crippen LogP contribution in [0.3, 0.4) is 0 Å². The Kier molecular flexibility index (Phi) is 5.66. The van der Waals surface area contributed by atoms with Crippen LogP contribution < -0.4 is 11.1 Å². The second-order valence-electron chi connectivity index (χ2n) is 7.46. The topological polar surface area (TPSA) is 67.6 Å². The summed E-state index contributed by atoms with van der Waals surface area (Å²) in [6.45, 7) is 8.50. The van der Waals surface area contributed by atoms with E-state index in [2.05, 4.69) is 5.32 Å². The number of nitrogens with one attached hydrogen (secondary N) is 1. The molecule has 1 amide bonds. The molecule has 2 aliphatic heterocycles. The lowest BCUT2D eigenvalue weighted by Gasteiger charge is -2.42. The molecule has 22 heavy (non-hydrogen) atoms. The predicted octanol–water partition coefficient (Wildman–Crippen LogP) is 2.29. The Bertz CT molecular complexity index is 416. The van der Waals surface area contributed by atoms with Gasteiger partial charge in [0.2, 0.25) is 0 Å². The van der Waals surface area contributed by atoms with Crippen LogP contribution in [0.5, 0.6) is 0 Å². The van der Waals surface area contributed by atoms with Crippen molar-refractivity contribution < 1.29 is 9.53 Å². The summed E-state index contributed by atoms with van der Waals surface area (Å²) >= 11 is 5.22. The number of hydrogen-bond acceptors (Lipinski definition) is 4. The molecule has 0 aliphatic carbocycles. The van der Waals surface area contributed by atoms with Gasteiger partial charge in [-0.3, -0.25) is 4.90 Å². The van der Waals surface area contributed by atoms with Gasteiger partial charge in [-0.05, 0) is 71.4 Å². The van der Waals surface area contributed by atoms with Gasteiger partial charge in [-0.2, -0.15) is 0 Å². The lowest BCUT2D eigenvalue weighted by atomic mass is 9.77. The summed E-state index contributed by atoms with van der Waals surface area (Å²) in [7, 11) is 0. The Morgan fingerprint density at radius 1 is 1.23 bits per heavy atom. The van der Waals surface area contributed by atoms with E-state index in [-0.39, 0.29) is 12.1 Å². The summed E-state index contributed by atoms with van der Waals surface area (Å²) in [6.07, 6.45) is 4.01. The monoisotopic (exact) mass is 327 g/mol. The van der Waals surface area contributed by atoms with E-state index >= 15 is 0 Å². The third-order valence-electron chi connectivity index (χ3n) is 4.65. The Morgan fingerprint density at radius 3 is 2.41 bits per heavy atom. The van der Waals surface area contributed by atoms with E-state index in [1.807, 2.05) is 20.8 Å². The lowest BCUT2D eigenvalue weighted by Crippen LogP contribution is -2.54. The third-order valence-corrected chi connectivity index (χ3v) is 4.92. The van der Waals surface area contributed by atoms with Gasteiger partial charge in [-0.25, -0.2) is 4.79 Å². The van der Waals surface area contributed by atoms with Crippen molar-refractivity contribution in [1.82, 2.24) is 10.2 Å². The molecule has 0 aromatic carbocycles. The van der Waals surface area contributed by atoms with Gasteiger partial charge in [0.1, 0.15) is 5.60 Å². The van der Waals surface area contributed by atoms with Crippen molar-refractivity contribution in [2.45, 2.75) is 58.1 Å². The molecule has 3 N–H and O–H groups in total. The molecule has 0 saturated carbocycles. The summed E-state index contributed by atoms with van der Waals surface area (Å²) in [6, 6.07) is -0.168. The highest BCUT2D eigenvalue weighted by atomic mass is 32.1. The van der Waals surface area contributed by atoms with Crippen molar-refractivity contribution in [3.63, 3.8) is 0 Å². The highest BCUT2D eigenvalue weighted by Crippen LogP contribution is 2.34. The van der Waals surface area contributed by atoms with Gasteiger partial charge in [0.05, 0.1) is 11.0 Å². The fourth-order valence-electron chi connectivity index (χ4n) is 3.55. The molecule has 2 fully saturated rings. The quantitative estimate of drug-likeness (QED) is 0.762. The minimum absolute atomic E-state index is 0.168. The van der Waals surface area contributed by atoms with Crippen LogP contribution >= 0.6 is 12.2 Å². The minimum atomic E-state index is -0.496. The van der Waals surface area contributed by atoms with E-state index in [0.717, 1.165) is 31.8 Å². The molecule has 0 aromatic rings. The number of carbonyl (C=O) groups is 1. The van der Waals surface area contributed by atoms with Crippen LogP contribution in [0, 0.1) is 11.8 Å². The molecule has 0 bridgehead atoms. The van der Waals surface area contributed by atoms with Crippen molar-refractivity contribution >= 4 is 23.3 Å². The number of hydrogen-bond donors (Lipinski definition) is 2. The molecule has 2 heterocycles. The molecular formula is C16H29N3O2S. The molecule has 0 spiro atoms. The van der Waals surface area contributed by atoms with Gasteiger partial charge >= 0.3 is 6.09 Å². The average Bonchev–Trinajstić information content (AvgIpc) is 2.45. The molecule has 5 nitrogen and oxygen atoms in total. The van der Waals surface area contributed by atoms with Gasteiger partial charge in [-0.15, -0.1) is 0 Å². The van der Waals surface area contributed by atoms with Crippen LogP contribution in [0.1, 0.15) is 46.5 Å². The number of nitrogens with zero attached hydrogens (tertiary/aromatic N) is 1. The van der Waals surface area contributed by atoms with Gasteiger partial charge in [0.25, 0.3) is 0 Å². The first-order valence-corrected chi connectivity index (χ1v) is 8.68. The van der Waals surface area contributed by atoms with Crippen molar-refractivity contribution in [2.24, 2.45) is 17.6 Å². The maximum Gasteiger partial charge on any atom is 0.410 e. The fraction of sp³-hybridized carbons (Fsp3) is 0.875.